The minimum Gasteiger partial charge on any atom is -0.508 e. The molecule has 4 nitrogen and oxygen atoms in total. The Hall–Kier alpha value is -1.24. The molecule has 1 aromatic carbocycles. The first-order chi connectivity index (χ1) is 11.0. The summed E-state index contributed by atoms with van der Waals surface area (Å²) in [4.78, 5) is 11.4. The first-order valence-electron chi connectivity index (χ1n) is 8.01. The normalized spacial score (nSPS) is 19.6. The molecule has 1 N–H and O–H groups in total. The van der Waals surface area contributed by atoms with Gasteiger partial charge < -0.3 is 14.4 Å². The molecule has 1 heterocycles. The Kier molecular flexibility index (Phi) is 5.52. The summed E-state index contributed by atoms with van der Waals surface area (Å²) < 4.78 is 12.2. The molecule has 0 spiro atoms. The smallest absolute Gasteiger partial charge is 0.491 e. The summed E-state index contributed by atoms with van der Waals surface area (Å²) in [6.07, 6.45) is 1.95. The molecule has 1 aliphatic rings. The number of hydrogen-bond acceptors (Lipinski definition) is 5. The molecule has 0 radical (unpaired) electrons. The number of hydrogen-bond donors (Lipinski definition) is 1. The summed E-state index contributed by atoms with van der Waals surface area (Å²) in [5.41, 5.74) is 1.68. The molecule has 0 amide bonds. The first kappa shape index (κ1) is 19.1. The highest BCUT2D eigenvalue weighted by atomic mass is 32.2. The topological polar surface area (TPSA) is 55.8 Å². The van der Waals surface area contributed by atoms with Crippen LogP contribution in [0.1, 0.15) is 45.7 Å². The van der Waals surface area contributed by atoms with Crippen molar-refractivity contribution in [3.05, 3.63) is 34.8 Å². The van der Waals surface area contributed by atoms with Crippen LogP contribution in [0.2, 0.25) is 0 Å². The van der Waals surface area contributed by atoms with Crippen molar-refractivity contribution in [1.29, 1.82) is 0 Å². The lowest BCUT2D eigenvalue weighted by atomic mass is 9.78. The van der Waals surface area contributed by atoms with Crippen molar-refractivity contribution in [3.8, 4) is 5.75 Å². The molecule has 1 aliphatic heterocycles. The van der Waals surface area contributed by atoms with Crippen molar-refractivity contribution in [2.24, 2.45) is 0 Å². The van der Waals surface area contributed by atoms with Crippen molar-refractivity contribution < 1.29 is 19.2 Å². The van der Waals surface area contributed by atoms with E-state index in [1.807, 2.05) is 46.8 Å². The Morgan fingerprint density at radius 1 is 1.25 bits per heavy atom. The van der Waals surface area contributed by atoms with Gasteiger partial charge in [0.05, 0.1) is 11.2 Å². The summed E-state index contributed by atoms with van der Waals surface area (Å²) in [7, 11) is -0.511. The molecule has 1 aromatic rings. The van der Waals surface area contributed by atoms with E-state index in [0.717, 1.165) is 16.6 Å². The highest BCUT2D eigenvalue weighted by Crippen LogP contribution is 2.39. The Labute approximate surface area is 148 Å². The van der Waals surface area contributed by atoms with E-state index in [4.69, 9.17) is 9.31 Å². The molecular formula is C18H25BO4S. The van der Waals surface area contributed by atoms with Crippen molar-refractivity contribution in [2.75, 3.05) is 5.75 Å². The number of phenolic OH excluding ortho intramolecular Hbond substituents is 1. The van der Waals surface area contributed by atoms with Crippen LogP contribution in [-0.4, -0.2) is 34.3 Å². The lowest BCUT2D eigenvalue weighted by molar-refractivity contribution is -0.109. The Morgan fingerprint density at radius 3 is 2.38 bits per heavy atom. The van der Waals surface area contributed by atoms with Crippen LogP contribution >= 0.6 is 11.8 Å². The molecule has 6 heteroatoms. The summed E-state index contributed by atoms with van der Waals surface area (Å²) >= 11 is 1.23. The fraction of sp³-hybridized carbons (Fsp3) is 0.500. The SMILES string of the molecule is CC(=O)SCC(=Cc1cccc(O)c1C)B1OC(C)(C)C(C)(C)O1. The molecule has 2 rings (SSSR count). The van der Waals surface area contributed by atoms with Gasteiger partial charge in [0.1, 0.15) is 5.75 Å². The third-order valence-corrected chi connectivity index (χ3v) is 5.57. The number of carbonyl (C=O) groups excluding carboxylic acids is 1. The van der Waals surface area contributed by atoms with Crippen molar-refractivity contribution in [2.45, 2.75) is 52.7 Å². The zero-order valence-corrected chi connectivity index (χ0v) is 16.0. The lowest BCUT2D eigenvalue weighted by Gasteiger charge is -2.32. The van der Waals surface area contributed by atoms with Gasteiger partial charge in [0.25, 0.3) is 0 Å². The highest BCUT2D eigenvalue weighted by Gasteiger charge is 2.52. The predicted molar refractivity (Wildman–Crippen MR) is 100 cm³/mol. The van der Waals surface area contributed by atoms with Crippen LogP contribution in [0.3, 0.4) is 0 Å². The third kappa shape index (κ3) is 4.05. The standard InChI is InChI=1S/C18H25BO4S/c1-12-14(8-7-9-16(12)21)10-15(11-24-13(2)20)19-22-17(3,4)18(5,6)23-19/h7-10,21H,11H2,1-6H3. The van der Waals surface area contributed by atoms with Crippen LogP contribution in [0.4, 0.5) is 0 Å². The van der Waals surface area contributed by atoms with Crippen molar-refractivity contribution in [3.63, 3.8) is 0 Å². The van der Waals surface area contributed by atoms with E-state index in [1.54, 1.807) is 19.1 Å². The minimum atomic E-state index is -0.511. The van der Waals surface area contributed by atoms with Gasteiger partial charge >= 0.3 is 7.12 Å². The predicted octanol–water partition coefficient (Wildman–Crippen LogP) is 4.00. The Balaban J connectivity index is 2.37. The fourth-order valence-electron chi connectivity index (χ4n) is 2.35. The third-order valence-electron chi connectivity index (χ3n) is 4.69. The summed E-state index contributed by atoms with van der Waals surface area (Å²) in [6, 6.07) is 5.39. The van der Waals surface area contributed by atoms with Gasteiger partial charge in [-0.1, -0.05) is 30.0 Å². The fourth-order valence-corrected chi connectivity index (χ4v) is 2.94. The molecule has 0 aliphatic carbocycles. The first-order valence-corrected chi connectivity index (χ1v) is 9.00. The van der Waals surface area contributed by atoms with Crippen LogP contribution in [0, 0.1) is 6.92 Å². The van der Waals surface area contributed by atoms with Crippen LogP contribution in [0.5, 0.6) is 5.75 Å². The lowest BCUT2D eigenvalue weighted by Crippen LogP contribution is -2.41. The molecule has 1 saturated heterocycles. The maximum absolute atomic E-state index is 11.4. The summed E-state index contributed by atoms with van der Waals surface area (Å²) in [6.45, 7) is 11.4. The molecule has 0 bridgehead atoms. The van der Waals surface area contributed by atoms with Gasteiger partial charge in [-0.15, -0.1) is 0 Å². The molecule has 130 valence electrons. The van der Waals surface area contributed by atoms with E-state index in [0.29, 0.717) is 5.75 Å². The van der Waals surface area contributed by atoms with Crippen LogP contribution in [0.15, 0.2) is 23.7 Å². The van der Waals surface area contributed by atoms with E-state index in [2.05, 4.69) is 0 Å². The zero-order chi connectivity index (χ0) is 18.1. The molecule has 24 heavy (non-hydrogen) atoms. The maximum atomic E-state index is 11.4. The van der Waals surface area contributed by atoms with Gasteiger partial charge in [-0.3, -0.25) is 4.79 Å². The van der Waals surface area contributed by atoms with E-state index in [9.17, 15) is 9.90 Å². The van der Waals surface area contributed by atoms with Crippen LogP contribution in [-0.2, 0) is 14.1 Å². The van der Waals surface area contributed by atoms with Gasteiger partial charge in [-0.05, 0) is 57.3 Å². The van der Waals surface area contributed by atoms with Gasteiger partial charge in [0.15, 0.2) is 5.12 Å². The van der Waals surface area contributed by atoms with Gasteiger partial charge in [-0.25, -0.2) is 0 Å². The number of phenols is 1. The molecule has 0 aromatic heterocycles. The molecule has 0 saturated carbocycles. The van der Waals surface area contributed by atoms with Crippen LogP contribution < -0.4 is 0 Å². The molecule has 1 fully saturated rings. The molecule has 0 atom stereocenters. The number of thioether (sulfide) groups is 1. The minimum absolute atomic E-state index is 0.0463. The number of aromatic hydroxyl groups is 1. The van der Waals surface area contributed by atoms with Gasteiger partial charge in [0.2, 0.25) is 0 Å². The zero-order valence-electron chi connectivity index (χ0n) is 15.2. The maximum Gasteiger partial charge on any atom is 0.491 e. The second kappa shape index (κ2) is 6.94. The molecular weight excluding hydrogens is 323 g/mol. The van der Waals surface area contributed by atoms with Gasteiger partial charge in [0, 0.05) is 12.7 Å². The second-order valence-corrected chi connectivity index (χ2v) is 8.23. The van der Waals surface area contributed by atoms with E-state index in [1.165, 1.54) is 11.8 Å². The van der Waals surface area contributed by atoms with Crippen molar-refractivity contribution in [1.82, 2.24) is 0 Å². The molecule has 0 unspecified atom stereocenters. The second-order valence-electron chi connectivity index (χ2n) is 7.08. The number of carbonyl (C=O) groups is 1. The number of benzene rings is 1. The van der Waals surface area contributed by atoms with E-state index >= 15 is 0 Å². The summed E-state index contributed by atoms with van der Waals surface area (Å²) in [5.74, 6) is 0.734. The highest BCUT2D eigenvalue weighted by molar-refractivity contribution is 8.13. The van der Waals surface area contributed by atoms with E-state index in [-0.39, 0.29) is 10.9 Å². The largest absolute Gasteiger partial charge is 0.508 e. The van der Waals surface area contributed by atoms with Gasteiger partial charge in [-0.2, -0.15) is 0 Å². The Morgan fingerprint density at radius 2 is 1.83 bits per heavy atom. The summed E-state index contributed by atoms with van der Waals surface area (Å²) in [5, 5.41) is 9.96. The average Bonchev–Trinajstić information content (AvgIpc) is 2.67. The van der Waals surface area contributed by atoms with E-state index < -0.39 is 18.3 Å². The monoisotopic (exact) mass is 348 g/mol. The van der Waals surface area contributed by atoms with Crippen molar-refractivity contribution >= 4 is 30.1 Å². The average molecular weight is 348 g/mol. The quantitative estimate of drug-likeness (QED) is 0.834. The number of rotatable bonds is 4. The van der Waals surface area contributed by atoms with Crippen LogP contribution in [0.25, 0.3) is 6.08 Å². The Bertz CT molecular complexity index is 651.